The predicted octanol–water partition coefficient (Wildman–Crippen LogP) is 3.31. The summed E-state index contributed by atoms with van der Waals surface area (Å²) >= 11 is 0. The van der Waals surface area contributed by atoms with Crippen LogP contribution in [0.1, 0.15) is 50.8 Å². The van der Waals surface area contributed by atoms with E-state index in [-0.39, 0.29) is 12.1 Å². The molecule has 21 heavy (non-hydrogen) atoms. The van der Waals surface area contributed by atoms with Gasteiger partial charge in [0.2, 0.25) is 0 Å². The summed E-state index contributed by atoms with van der Waals surface area (Å²) in [5.74, 6) is 0. The van der Waals surface area contributed by atoms with E-state index in [0.717, 1.165) is 19.4 Å². The van der Waals surface area contributed by atoms with Crippen LogP contribution in [0.4, 0.5) is 4.79 Å². The average molecular weight is 290 g/mol. The summed E-state index contributed by atoms with van der Waals surface area (Å²) in [6.07, 6.45) is 1.50. The molecule has 0 radical (unpaired) electrons. The molecule has 1 aliphatic rings. The van der Waals surface area contributed by atoms with Crippen LogP contribution in [-0.2, 0) is 4.74 Å². The molecular formula is C17H26N2O2. The third kappa shape index (κ3) is 5.05. The fourth-order valence-corrected chi connectivity index (χ4v) is 2.58. The maximum Gasteiger partial charge on any atom is 0.407 e. The molecule has 1 heterocycles. The van der Waals surface area contributed by atoms with Crippen molar-refractivity contribution >= 4 is 6.09 Å². The Hall–Kier alpha value is -1.55. The first-order valence-electron chi connectivity index (χ1n) is 7.63. The normalized spacial score (nSPS) is 22.7. The summed E-state index contributed by atoms with van der Waals surface area (Å²) in [5.41, 5.74) is 2.09. The highest BCUT2D eigenvalue weighted by molar-refractivity contribution is 5.68. The summed E-state index contributed by atoms with van der Waals surface area (Å²) in [7, 11) is 0. The monoisotopic (exact) mass is 290 g/mol. The number of piperidine rings is 1. The second-order valence-corrected chi connectivity index (χ2v) is 6.78. The molecule has 0 aliphatic carbocycles. The Morgan fingerprint density at radius 2 is 1.95 bits per heavy atom. The van der Waals surface area contributed by atoms with Gasteiger partial charge in [0.1, 0.15) is 5.60 Å². The van der Waals surface area contributed by atoms with Crippen LogP contribution < -0.4 is 10.6 Å². The molecule has 2 atom stereocenters. The van der Waals surface area contributed by atoms with Crippen molar-refractivity contribution in [3.8, 4) is 0 Å². The Balaban J connectivity index is 1.91. The minimum Gasteiger partial charge on any atom is -0.444 e. The van der Waals surface area contributed by atoms with Crippen molar-refractivity contribution in [3.63, 3.8) is 0 Å². The maximum atomic E-state index is 11.9. The van der Waals surface area contributed by atoms with Crippen molar-refractivity contribution in [2.75, 3.05) is 6.54 Å². The molecule has 1 saturated heterocycles. The van der Waals surface area contributed by atoms with Crippen LogP contribution in [0.5, 0.6) is 0 Å². The number of benzene rings is 1. The number of alkyl carbamates (subject to hydrolysis) is 1. The summed E-state index contributed by atoms with van der Waals surface area (Å²) < 4.78 is 5.33. The van der Waals surface area contributed by atoms with Crippen LogP contribution in [0.25, 0.3) is 0 Å². The minimum absolute atomic E-state index is 0.160. The minimum atomic E-state index is -0.451. The first-order chi connectivity index (χ1) is 9.83. The quantitative estimate of drug-likeness (QED) is 0.878. The predicted molar refractivity (Wildman–Crippen MR) is 84.3 cm³/mol. The third-order valence-electron chi connectivity index (χ3n) is 3.60. The number of amides is 1. The molecule has 4 nitrogen and oxygen atoms in total. The molecule has 0 saturated carbocycles. The lowest BCUT2D eigenvalue weighted by molar-refractivity contribution is 0.0490. The average Bonchev–Trinajstić information content (AvgIpc) is 2.37. The lowest BCUT2D eigenvalue weighted by Gasteiger charge is -2.32. The van der Waals surface area contributed by atoms with Crippen molar-refractivity contribution in [1.82, 2.24) is 10.6 Å². The molecule has 2 rings (SSSR count). The Labute approximate surface area is 127 Å². The van der Waals surface area contributed by atoms with Gasteiger partial charge in [0.25, 0.3) is 0 Å². The van der Waals surface area contributed by atoms with Gasteiger partial charge in [0.15, 0.2) is 0 Å². The zero-order valence-corrected chi connectivity index (χ0v) is 13.4. The van der Waals surface area contributed by atoms with E-state index in [1.807, 2.05) is 20.8 Å². The SMILES string of the molecule is Cc1ccc(C2CC(NC(=O)OC(C)(C)C)CCN2)cc1. The van der Waals surface area contributed by atoms with Crippen molar-refractivity contribution < 1.29 is 9.53 Å². The van der Waals surface area contributed by atoms with Crippen LogP contribution in [0, 0.1) is 6.92 Å². The number of hydrogen-bond donors (Lipinski definition) is 2. The molecule has 2 N–H and O–H groups in total. The van der Waals surface area contributed by atoms with E-state index in [1.54, 1.807) is 0 Å². The van der Waals surface area contributed by atoms with Gasteiger partial charge >= 0.3 is 6.09 Å². The van der Waals surface area contributed by atoms with E-state index in [9.17, 15) is 4.79 Å². The van der Waals surface area contributed by atoms with Gasteiger partial charge in [0, 0.05) is 12.1 Å². The van der Waals surface area contributed by atoms with Crippen molar-refractivity contribution in [2.24, 2.45) is 0 Å². The van der Waals surface area contributed by atoms with E-state index in [0.29, 0.717) is 6.04 Å². The summed E-state index contributed by atoms with van der Waals surface area (Å²) in [6.45, 7) is 8.63. The highest BCUT2D eigenvalue weighted by atomic mass is 16.6. The molecule has 1 aromatic carbocycles. The summed E-state index contributed by atoms with van der Waals surface area (Å²) in [6, 6.07) is 9.02. The van der Waals surface area contributed by atoms with Gasteiger partial charge < -0.3 is 15.4 Å². The maximum absolute atomic E-state index is 11.9. The standard InChI is InChI=1S/C17H26N2O2/c1-12-5-7-13(8-6-12)15-11-14(9-10-18-15)19-16(20)21-17(2,3)4/h5-8,14-15,18H,9-11H2,1-4H3,(H,19,20). The Morgan fingerprint density at radius 3 is 2.57 bits per heavy atom. The van der Waals surface area contributed by atoms with E-state index >= 15 is 0 Å². The molecule has 0 aromatic heterocycles. The van der Waals surface area contributed by atoms with Crippen LogP contribution in [0.2, 0.25) is 0 Å². The molecule has 1 fully saturated rings. The number of aryl methyl sites for hydroxylation is 1. The second-order valence-electron chi connectivity index (χ2n) is 6.78. The second kappa shape index (κ2) is 6.48. The van der Waals surface area contributed by atoms with Gasteiger partial charge in [-0.25, -0.2) is 4.79 Å². The highest BCUT2D eigenvalue weighted by Crippen LogP contribution is 2.23. The van der Waals surface area contributed by atoms with E-state index in [2.05, 4.69) is 41.8 Å². The first kappa shape index (κ1) is 15.8. The van der Waals surface area contributed by atoms with E-state index in [1.165, 1.54) is 11.1 Å². The van der Waals surface area contributed by atoms with Crippen molar-refractivity contribution in [2.45, 2.75) is 58.2 Å². The lowest BCUT2D eigenvalue weighted by Crippen LogP contribution is -2.45. The fraction of sp³-hybridized carbons (Fsp3) is 0.588. The summed E-state index contributed by atoms with van der Waals surface area (Å²) in [5, 5.41) is 6.50. The Kier molecular flexibility index (Phi) is 4.88. The molecule has 2 unspecified atom stereocenters. The molecule has 4 heteroatoms. The molecular weight excluding hydrogens is 264 g/mol. The molecule has 1 aliphatic heterocycles. The number of carbonyl (C=O) groups is 1. The lowest BCUT2D eigenvalue weighted by atomic mass is 9.93. The molecule has 1 aromatic rings. The van der Waals surface area contributed by atoms with Gasteiger partial charge in [-0.3, -0.25) is 0 Å². The third-order valence-corrected chi connectivity index (χ3v) is 3.60. The Morgan fingerprint density at radius 1 is 1.29 bits per heavy atom. The van der Waals surface area contributed by atoms with E-state index < -0.39 is 5.60 Å². The van der Waals surface area contributed by atoms with Crippen LogP contribution in [-0.4, -0.2) is 24.3 Å². The first-order valence-corrected chi connectivity index (χ1v) is 7.63. The molecule has 1 amide bonds. The van der Waals surface area contributed by atoms with Gasteiger partial charge in [-0.1, -0.05) is 29.8 Å². The number of rotatable bonds is 2. The Bertz CT molecular complexity index is 477. The van der Waals surface area contributed by atoms with Gasteiger partial charge in [0.05, 0.1) is 0 Å². The largest absolute Gasteiger partial charge is 0.444 e. The fourth-order valence-electron chi connectivity index (χ4n) is 2.58. The van der Waals surface area contributed by atoms with Crippen LogP contribution in [0.15, 0.2) is 24.3 Å². The van der Waals surface area contributed by atoms with Crippen molar-refractivity contribution in [1.29, 1.82) is 0 Å². The highest BCUT2D eigenvalue weighted by Gasteiger charge is 2.25. The summed E-state index contributed by atoms with van der Waals surface area (Å²) in [4.78, 5) is 11.9. The van der Waals surface area contributed by atoms with Gasteiger partial charge in [-0.15, -0.1) is 0 Å². The zero-order chi connectivity index (χ0) is 15.5. The number of carbonyl (C=O) groups excluding carboxylic acids is 1. The van der Waals surface area contributed by atoms with Crippen LogP contribution >= 0.6 is 0 Å². The van der Waals surface area contributed by atoms with Gasteiger partial charge in [-0.2, -0.15) is 0 Å². The van der Waals surface area contributed by atoms with Crippen molar-refractivity contribution in [3.05, 3.63) is 35.4 Å². The number of ether oxygens (including phenoxy) is 1. The van der Waals surface area contributed by atoms with Crippen LogP contribution in [0.3, 0.4) is 0 Å². The zero-order valence-electron chi connectivity index (χ0n) is 13.4. The molecule has 0 spiro atoms. The number of hydrogen-bond acceptors (Lipinski definition) is 3. The molecule has 116 valence electrons. The smallest absolute Gasteiger partial charge is 0.407 e. The molecule has 0 bridgehead atoms. The topological polar surface area (TPSA) is 50.4 Å². The van der Waals surface area contributed by atoms with Gasteiger partial charge in [-0.05, 0) is 52.6 Å². The number of nitrogens with one attached hydrogen (secondary N) is 2. The van der Waals surface area contributed by atoms with E-state index in [4.69, 9.17) is 4.74 Å².